The predicted octanol–water partition coefficient (Wildman–Crippen LogP) is 3.69. The van der Waals surface area contributed by atoms with Gasteiger partial charge >= 0.3 is 0 Å². The molecule has 3 N–H and O–H groups in total. The van der Waals surface area contributed by atoms with Crippen molar-refractivity contribution in [2.45, 2.75) is 23.6 Å². The number of nitrogens with zero attached hydrogens (tertiary/aromatic N) is 2. The molecule has 153 valence electrons. The molecule has 0 saturated carbocycles. The maximum atomic E-state index is 11.7. The van der Waals surface area contributed by atoms with E-state index in [-0.39, 0.29) is 62.3 Å². The first-order chi connectivity index (χ1) is 13.4. The van der Waals surface area contributed by atoms with Crippen molar-refractivity contribution in [3.8, 4) is 5.75 Å². The fourth-order valence-corrected chi connectivity index (χ4v) is 4.36. The van der Waals surface area contributed by atoms with Gasteiger partial charge in [-0.1, -0.05) is 30.3 Å². The number of azo groups is 1. The third-order valence-corrected chi connectivity index (χ3v) is 6.16. The first-order valence-electron chi connectivity index (χ1n) is 8.12. The van der Waals surface area contributed by atoms with Gasteiger partial charge in [0.25, 0.3) is 20.2 Å². The molecule has 3 rings (SSSR count). The molecule has 0 atom stereocenters. The molecule has 12 heteroatoms. The van der Waals surface area contributed by atoms with Crippen LogP contribution in [0.2, 0.25) is 0 Å². The number of fused-ring (bicyclic) bond motifs is 1. The van der Waals surface area contributed by atoms with Crippen LogP contribution in [0.3, 0.4) is 0 Å². The minimum atomic E-state index is -4.62. The predicted molar refractivity (Wildman–Crippen MR) is 111 cm³/mol. The number of aromatic hydroxyl groups is 1. The molecule has 0 bridgehead atoms. The number of hydrogen-bond acceptors (Lipinski definition) is 7. The fraction of sp³-hybridized carbons (Fsp3) is 0.111. The number of rotatable bonds is 4. The van der Waals surface area contributed by atoms with Gasteiger partial charge in [0.2, 0.25) is 0 Å². The summed E-state index contributed by atoms with van der Waals surface area (Å²) in [4.78, 5) is -0.808. The summed E-state index contributed by atoms with van der Waals surface area (Å²) in [6, 6.07) is 9.55. The number of benzene rings is 3. The van der Waals surface area contributed by atoms with Crippen LogP contribution in [-0.4, -0.2) is 60.6 Å². The molecule has 0 spiro atoms. The minimum absolute atomic E-state index is 0. The molecule has 0 aromatic heterocycles. The standard InChI is InChI=1S/C18H16N2O7S2.Na/c1-10-7-11(2)16(28(22,23)24)8-14(10)19-20-15-9-17(29(25,26)27)12-5-3-4-6-13(12)18(15)21;/h3-9,21H,1-2H3,(H,22,23,24)(H,25,26,27);. The van der Waals surface area contributed by atoms with E-state index in [4.69, 9.17) is 0 Å². The van der Waals surface area contributed by atoms with E-state index in [1.54, 1.807) is 19.1 Å². The van der Waals surface area contributed by atoms with Crippen molar-refractivity contribution in [1.82, 2.24) is 0 Å². The van der Waals surface area contributed by atoms with Crippen LogP contribution < -0.4 is 0 Å². The average molecular weight is 459 g/mol. The van der Waals surface area contributed by atoms with Gasteiger partial charge in [-0.2, -0.15) is 21.9 Å². The van der Waals surface area contributed by atoms with Crippen LogP contribution >= 0.6 is 0 Å². The maximum absolute atomic E-state index is 11.7. The second-order valence-corrected chi connectivity index (χ2v) is 9.12. The second-order valence-electron chi connectivity index (χ2n) is 6.34. The number of aryl methyl sites for hydroxylation is 2. The monoisotopic (exact) mass is 459 g/mol. The maximum Gasteiger partial charge on any atom is 0.295 e. The Balaban J connectivity index is 0.00000320. The summed E-state index contributed by atoms with van der Waals surface area (Å²) in [5.74, 6) is -0.364. The smallest absolute Gasteiger partial charge is 0.295 e. The Hall–Kier alpha value is -1.86. The molecule has 0 saturated heterocycles. The molecule has 0 unspecified atom stereocenters. The van der Waals surface area contributed by atoms with Gasteiger partial charge < -0.3 is 5.11 Å². The molecular formula is C18H16N2NaO7S2. The molecule has 3 aromatic rings. The van der Waals surface area contributed by atoms with Crippen molar-refractivity contribution in [3.05, 3.63) is 53.6 Å². The normalized spacial score (nSPS) is 12.3. The van der Waals surface area contributed by atoms with Crippen molar-refractivity contribution in [2.75, 3.05) is 0 Å². The molecule has 0 aliphatic heterocycles. The average Bonchev–Trinajstić information content (AvgIpc) is 2.60. The first kappa shape index (κ1) is 24.4. The fourth-order valence-electron chi connectivity index (χ4n) is 2.92. The molecule has 0 aliphatic carbocycles. The molecule has 9 nitrogen and oxygen atoms in total. The summed E-state index contributed by atoms with van der Waals surface area (Å²) in [6.45, 7) is 3.14. The zero-order valence-corrected chi connectivity index (χ0v) is 19.9. The van der Waals surface area contributed by atoms with Crippen molar-refractivity contribution < 1.29 is 31.0 Å². The summed E-state index contributed by atoms with van der Waals surface area (Å²) in [7, 11) is -9.10. The van der Waals surface area contributed by atoms with Gasteiger partial charge in [0.05, 0.1) is 10.6 Å². The van der Waals surface area contributed by atoms with E-state index < -0.39 is 25.1 Å². The quantitative estimate of drug-likeness (QED) is 0.305. The van der Waals surface area contributed by atoms with Crippen molar-refractivity contribution in [2.24, 2.45) is 10.2 Å². The van der Waals surface area contributed by atoms with Crippen LogP contribution in [0.25, 0.3) is 10.8 Å². The van der Waals surface area contributed by atoms with Gasteiger partial charge in [-0.15, -0.1) is 5.11 Å². The van der Waals surface area contributed by atoms with E-state index in [9.17, 15) is 31.0 Å². The number of phenolic OH excluding ortho intramolecular Hbond substituents is 1. The topological polar surface area (TPSA) is 154 Å². The third-order valence-electron chi connectivity index (χ3n) is 4.27. The van der Waals surface area contributed by atoms with Crippen LogP contribution in [0.4, 0.5) is 11.4 Å². The van der Waals surface area contributed by atoms with E-state index in [0.717, 1.165) is 12.1 Å². The van der Waals surface area contributed by atoms with Crippen LogP contribution in [0.1, 0.15) is 11.1 Å². The summed E-state index contributed by atoms with van der Waals surface area (Å²) in [5.41, 5.74) is 0.689. The van der Waals surface area contributed by atoms with E-state index in [1.165, 1.54) is 25.1 Å². The summed E-state index contributed by atoms with van der Waals surface area (Å²) < 4.78 is 65.3. The summed E-state index contributed by atoms with van der Waals surface area (Å²) in [6.07, 6.45) is 0. The molecule has 0 heterocycles. The molecule has 0 amide bonds. The SMILES string of the molecule is Cc1cc(C)c(S(=O)(=O)O)cc1N=Nc1cc(S(=O)(=O)O)c2ccccc2c1O.[Na]. The van der Waals surface area contributed by atoms with E-state index >= 15 is 0 Å². The molecule has 0 fully saturated rings. The molecule has 0 aliphatic rings. The van der Waals surface area contributed by atoms with Gasteiger partial charge in [-0.3, -0.25) is 9.11 Å². The Morgan fingerprint density at radius 3 is 1.80 bits per heavy atom. The van der Waals surface area contributed by atoms with Crippen molar-refractivity contribution >= 4 is 71.9 Å². The van der Waals surface area contributed by atoms with E-state index in [1.807, 2.05) is 0 Å². The minimum Gasteiger partial charge on any atom is -0.505 e. The van der Waals surface area contributed by atoms with Gasteiger partial charge in [-0.05, 0) is 37.1 Å². The Morgan fingerprint density at radius 1 is 0.733 bits per heavy atom. The summed E-state index contributed by atoms with van der Waals surface area (Å²) in [5, 5.41) is 18.4. The molecule has 30 heavy (non-hydrogen) atoms. The van der Waals surface area contributed by atoms with Crippen molar-refractivity contribution in [1.29, 1.82) is 0 Å². The van der Waals surface area contributed by atoms with Gasteiger partial charge in [0.1, 0.15) is 10.6 Å². The zero-order chi connectivity index (χ0) is 21.6. The van der Waals surface area contributed by atoms with E-state index in [0.29, 0.717) is 11.1 Å². The molecule has 1 radical (unpaired) electrons. The summed E-state index contributed by atoms with van der Waals surface area (Å²) >= 11 is 0. The van der Waals surface area contributed by atoms with Crippen molar-refractivity contribution in [3.63, 3.8) is 0 Å². The molecular weight excluding hydrogens is 443 g/mol. The van der Waals surface area contributed by atoms with Gasteiger partial charge in [0.15, 0.2) is 5.75 Å². The van der Waals surface area contributed by atoms with Crippen LogP contribution in [0.15, 0.2) is 62.5 Å². The van der Waals surface area contributed by atoms with Crippen LogP contribution in [-0.2, 0) is 20.2 Å². The second kappa shape index (κ2) is 8.71. The zero-order valence-electron chi connectivity index (χ0n) is 16.2. The Bertz CT molecular complexity index is 1390. The Morgan fingerprint density at radius 2 is 1.23 bits per heavy atom. The van der Waals surface area contributed by atoms with E-state index in [2.05, 4.69) is 10.2 Å². The largest absolute Gasteiger partial charge is 0.505 e. The van der Waals surface area contributed by atoms with Crippen LogP contribution in [0.5, 0.6) is 5.75 Å². The molecule has 3 aromatic carbocycles. The number of hydrogen-bond donors (Lipinski definition) is 3. The number of phenols is 1. The Kier molecular flexibility index (Phi) is 7.09. The Labute approximate surface area is 195 Å². The third kappa shape index (κ3) is 4.89. The van der Waals surface area contributed by atoms with Gasteiger partial charge in [-0.25, -0.2) is 0 Å². The first-order valence-corrected chi connectivity index (χ1v) is 11.0. The van der Waals surface area contributed by atoms with Gasteiger partial charge in [0, 0.05) is 40.3 Å². The van der Waals surface area contributed by atoms with Crippen LogP contribution in [0, 0.1) is 13.8 Å².